The first-order chi connectivity index (χ1) is 6.39. The van der Waals surface area contributed by atoms with Crippen molar-refractivity contribution in [1.82, 2.24) is 0 Å². The van der Waals surface area contributed by atoms with Crippen molar-refractivity contribution < 1.29 is 21.7 Å². The van der Waals surface area contributed by atoms with Gasteiger partial charge in [0.2, 0.25) is 0 Å². The molecule has 0 saturated heterocycles. The highest BCUT2D eigenvalue weighted by molar-refractivity contribution is 7.90. The molecule has 0 aliphatic heterocycles. The van der Waals surface area contributed by atoms with E-state index in [4.69, 9.17) is 13.3 Å². The third kappa shape index (κ3) is 5.06. The van der Waals surface area contributed by atoms with Crippen LogP contribution in [0.1, 0.15) is 6.42 Å². The molecule has 0 amide bonds. The van der Waals surface area contributed by atoms with Gasteiger partial charge in [0.15, 0.2) is 0 Å². The largest absolute Gasteiger partial charge is 0.500 e. The minimum Gasteiger partial charge on any atom is -0.377 e. The van der Waals surface area contributed by atoms with Crippen LogP contribution in [0.4, 0.5) is 0 Å². The van der Waals surface area contributed by atoms with Crippen LogP contribution in [0.5, 0.6) is 0 Å². The maximum Gasteiger partial charge on any atom is 0.500 e. The second-order valence-electron chi connectivity index (χ2n) is 3.03. The maximum atomic E-state index is 10.9. The van der Waals surface area contributed by atoms with Gasteiger partial charge in [0, 0.05) is 39.4 Å². The van der Waals surface area contributed by atoms with E-state index in [1.807, 2.05) is 0 Å². The Bertz CT molecular complexity index is 239. The Morgan fingerprint density at radius 2 is 1.50 bits per heavy atom. The van der Waals surface area contributed by atoms with Crippen molar-refractivity contribution in [1.29, 1.82) is 0 Å². The molecule has 0 rings (SSSR count). The van der Waals surface area contributed by atoms with Crippen molar-refractivity contribution in [3.05, 3.63) is 0 Å². The summed E-state index contributed by atoms with van der Waals surface area (Å²) in [5, 5.41) is 0. The molecule has 0 aromatic heterocycles. The summed E-state index contributed by atoms with van der Waals surface area (Å²) >= 11 is 0. The third-order valence-electron chi connectivity index (χ3n) is 1.93. The fourth-order valence-corrected chi connectivity index (χ4v) is 3.75. The lowest BCUT2D eigenvalue weighted by molar-refractivity contribution is 0.123. The minimum atomic E-state index is -2.92. The molecule has 0 heterocycles. The highest BCUT2D eigenvalue weighted by atomic mass is 32.2. The van der Waals surface area contributed by atoms with Gasteiger partial charge in [0.1, 0.15) is 9.84 Å². The predicted octanol–water partition coefficient (Wildman–Crippen LogP) is 0.299. The van der Waals surface area contributed by atoms with E-state index < -0.39 is 18.6 Å². The van der Waals surface area contributed by atoms with E-state index in [1.165, 1.54) is 27.6 Å². The van der Waals surface area contributed by atoms with Crippen LogP contribution in [0.15, 0.2) is 0 Å². The van der Waals surface area contributed by atoms with E-state index in [0.29, 0.717) is 12.5 Å². The van der Waals surface area contributed by atoms with Crippen molar-refractivity contribution in [3.8, 4) is 0 Å². The lowest BCUT2D eigenvalue weighted by Crippen LogP contribution is -2.42. The molecule has 86 valence electrons. The molecule has 0 atom stereocenters. The van der Waals surface area contributed by atoms with Crippen LogP contribution < -0.4 is 0 Å². The average Bonchev–Trinajstić information content (AvgIpc) is 2.11. The number of rotatable bonds is 7. The summed E-state index contributed by atoms with van der Waals surface area (Å²) in [6.07, 6.45) is 1.71. The SMILES string of the molecule is CO[Si](CCCS(C)(=O)=O)(OC)OC. The fourth-order valence-electron chi connectivity index (χ4n) is 1.11. The van der Waals surface area contributed by atoms with Gasteiger partial charge in [0.25, 0.3) is 0 Å². The summed E-state index contributed by atoms with van der Waals surface area (Å²) in [6, 6.07) is 0.517. The van der Waals surface area contributed by atoms with Crippen molar-refractivity contribution in [2.24, 2.45) is 0 Å². The zero-order chi connectivity index (χ0) is 11.2. The van der Waals surface area contributed by atoms with Crippen LogP contribution in [0, 0.1) is 0 Å². The molecule has 0 unspecified atom stereocenters. The molecule has 0 spiro atoms. The predicted molar refractivity (Wildman–Crippen MR) is 55.9 cm³/mol. The molecule has 0 radical (unpaired) electrons. The first-order valence-corrected chi connectivity index (χ1v) is 8.21. The normalized spacial score (nSPS) is 13.1. The summed E-state index contributed by atoms with van der Waals surface area (Å²) in [6.45, 7) is 0. The van der Waals surface area contributed by atoms with Crippen molar-refractivity contribution in [3.63, 3.8) is 0 Å². The molecule has 0 aromatic rings. The smallest absolute Gasteiger partial charge is 0.377 e. The van der Waals surface area contributed by atoms with Gasteiger partial charge in [-0.05, 0) is 6.42 Å². The van der Waals surface area contributed by atoms with Crippen LogP contribution in [-0.4, -0.2) is 50.6 Å². The van der Waals surface area contributed by atoms with Crippen LogP contribution in [0.25, 0.3) is 0 Å². The van der Waals surface area contributed by atoms with E-state index in [1.54, 1.807) is 0 Å². The van der Waals surface area contributed by atoms with Gasteiger partial charge in [-0.1, -0.05) is 0 Å². The first kappa shape index (κ1) is 14.0. The number of sulfone groups is 1. The molecule has 0 aliphatic carbocycles. The first-order valence-electron chi connectivity index (χ1n) is 4.22. The Morgan fingerprint density at radius 3 is 1.79 bits per heavy atom. The molecule has 0 aromatic carbocycles. The lowest BCUT2D eigenvalue weighted by Gasteiger charge is -2.23. The van der Waals surface area contributed by atoms with Crippen molar-refractivity contribution >= 4 is 18.6 Å². The molecular weight excluding hydrogens is 224 g/mol. The molecule has 5 nitrogen and oxygen atoms in total. The van der Waals surface area contributed by atoms with E-state index >= 15 is 0 Å². The zero-order valence-electron chi connectivity index (χ0n) is 9.07. The van der Waals surface area contributed by atoms with Crippen LogP contribution >= 0.6 is 0 Å². The molecule has 0 fully saturated rings. The number of hydrogen-bond acceptors (Lipinski definition) is 5. The second kappa shape index (κ2) is 5.81. The Hall–Kier alpha value is 0.0469. The molecule has 0 N–H and O–H groups in total. The monoisotopic (exact) mass is 242 g/mol. The zero-order valence-corrected chi connectivity index (χ0v) is 10.9. The number of hydrogen-bond donors (Lipinski definition) is 0. The van der Waals surface area contributed by atoms with Gasteiger partial charge >= 0.3 is 8.80 Å². The third-order valence-corrected chi connectivity index (χ3v) is 5.79. The molecular formula is C7H18O5SSi. The second-order valence-corrected chi connectivity index (χ2v) is 8.38. The molecule has 14 heavy (non-hydrogen) atoms. The Balaban J connectivity index is 4.08. The van der Waals surface area contributed by atoms with E-state index in [-0.39, 0.29) is 5.75 Å². The summed E-state index contributed by atoms with van der Waals surface area (Å²) in [4.78, 5) is 0. The topological polar surface area (TPSA) is 61.8 Å². The Labute approximate surface area is 86.6 Å². The summed E-state index contributed by atoms with van der Waals surface area (Å²) in [7, 11) is -0.957. The van der Waals surface area contributed by atoms with Crippen molar-refractivity contribution in [2.75, 3.05) is 33.3 Å². The standard InChI is InChI=1S/C7H18O5SSi/c1-10-14(11-2,12-3)7-5-6-13(4,8)9/h5-7H2,1-4H3. The van der Waals surface area contributed by atoms with E-state index in [2.05, 4.69) is 0 Å². The summed E-state index contributed by atoms with van der Waals surface area (Å²) < 4.78 is 37.2. The highest BCUT2D eigenvalue weighted by Crippen LogP contribution is 2.15. The van der Waals surface area contributed by atoms with Gasteiger partial charge in [0.05, 0.1) is 0 Å². The van der Waals surface area contributed by atoms with E-state index in [0.717, 1.165) is 0 Å². The molecule has 0 aliphatic rings. The fraction of sp³-hybridized carbons (Fsp3) is 1.00. The highest BCUT2D eigenvalue weighted by Gasteiger charge is 2.37. The van der Waals surface area contributed by atoms with E-state index in [9.17, 15) is 8.42 Å². The molecule has 7 heteroatoms. The van der Waals surface area contributed by atoms with Crippen LogP contribution in [0.3, 0.4) is 0 Å². The van der Waals surface area contributed by atoms with Gasteiger partial charge in [-0.25, -0.2) is 8.42 Å². The Morgan fingerprint density at radius 1 is 1.07 bits per heavy atom. The van der Waals surface area contributed by atoms with Gasteiger partial charge in [-0.3, -0.25) is 0 Å². The van der Waals surface area contributed by atoms with Crippen molar-refractivity contribution in [2.45, 2.75) is 12.5 Å². The molecule has 0 saturated carbocycles. The van der Waals surface area contributed by atoms with Gasteiger partial charge in [-0.15, -0.1) is 0 Å². The lowest BCUT2D eigenvalue weighted by atomic mass is 10.6. The minimum absolute atomic E-state index is 0.137. The molecule has 0 bridgehead atoms. The summed E-state index contributed by atoms with van der Waals surface area (Å²) in [5.74, 6) is 0.137. The Kier molecular flexibility index (Phi) is 5.83. The summed E-state index contributed by atoms with van der Waals surface area (Å²) in [5.41, 5.74) is 0. The van der Waals surface area contributed by atoms with Crippen LogP contribution in [0.2, 0.25) is 6.04 Å². The van der Waals surface area contributed by atoms with Crippen LogP contribution in [-0.2, 0) is 23.1 Å². The quantitative estimate of drug-likeness (QED) is 0.601. The van der Waals surface area contributed by atoms with Gasteiger partial charge < -0.3 is 13.3 Å². The maximum absolute atomic E-state index is 10.9. The average molecular weight is 242 g/mol. The van der Waals surface area contributed by atoms with Gasteiger partial charge in [-0.2, -0.15) is 0 Å².